The molecule has 0 spiro atoms. The summed E-state index contributed by atoms with van der Waals surface area (Å²) in [5.74, 6) is -0.300. The maximum atomic E-state index is 12.8. The molecule has 0 atom stereocenters. The van der Waals surface area contributed by atoms with Crippen LogP contribution in [0.2, 0.25) is 0 Å². The van der Waals surface area contributed by atoms with Gasteiger partial charge < -0.3 is 15.4 Å². The number of aromatic nitrogens is 2. The molecule has 7 nitrogen and oxygen atoms in total. The number of benzene rings is 3. The largest absolute Gasteiger partial charge is 0.573 e. The van der Waals surface area contributed by atoms with Crippen LogP contribution in [0.3, 0.4) is 0 Å². The van der Waals surface area contributed by atoms with Crippen molar-refractivity contribution >= 4 is 40.4 Å². The number of ether oxygens (including phenoxy) is 1. The molecule has 0 radical (unpaired) electrons. The number of aromatic amines is 1. The maximum Gasteiger partial charge on any atom is 0.573 e. The normalized spacial score (nSPS) is 12.3. The minimum atomic E-state index is -4.80. The molecule has 0 saturated heterocycles. The van der Waals surface area contributed by atoms with E-state index in [1.54, 1.807) is 30.5 Å². The SMILES string of the molecule is C=Nc1ccc(C(/C=C\N)=NCc2ccccc2OC(F)(F)F)cc1N(C)c1ccc2cn[nH]c2c1. The molecule has 10 heteroatoms. The molecule has 3 N–H and O–H groups in total. The van der Waals surface area contributed by atoms with E-state index in [2.05, 4.69) is 31.6 Å². The highest BCUT2D eigenvalue weighted by Crippen LogP contribution is 2.35. The number of aliphatic imine (C=N–C) groups is 2. The molecular weight excluding hydrogens is 469 g/mol. The van der Waals surface area contributed by atoms with Gasteiger partial charge in [0.05, 0.1) is 35.3 Å². The van der Waals surface area contributed by atoms with Gasteiger partial charge in [-0.3, -0.25) is 15.1 Å². The molecule has 4 rings (SSSR count). The Morgan fingerprint density at radius 3 is 2.72 bits per heavy atom. The third-order valence-electron chi connectivity index (χ3n) is 5.49. The van der Waals surface area contributed by atoms with Crippen LogP contribution >= 0.6 is 0 Å². The summed E-state index contributed by atoms with van der Waals surface area (Å²) >= 11 is 0. The molecule has 3 aromatic carbocycles. The molecule has 0 aliphatic heterocycles. The number of rotatable bonds is 8. The van der Waals surface area contributed by atoms with Crippen LogP contribution in [0.4, 0.5) is 30.2 Å². The lowest BCUT2D eigenvalue weighted by atomic mass is 10.1. The van der Waals surface area contributed by atoms with Crippen molar-refractivity contribution in [1.82, 2.24) is 10.2 Å². The average Bonchev–Trinajstić information content (AvgIpc) is 3.33. The Labute approximate surface area is 205 Å². The standard InChI is InChI=1S/C26H23F3N6O/c1-31-22-10-8-17(13-24(22)35(2)20-9-7-18-16-33-34-23(18)14-20)21(11-12-30)32-15-19-5-3-4-6-25(19)36-26(27,28)29/h3-14,16H,1,15,30H2,2H3,(H,33,34)/b12-11-,32-21?. The van der Waals surface area contributed by atoms with Crippen LogP contribution in [0.5, 0.6) is 5.75 Å². The van der Waals surface area contributed by atoms with Crippen molar-refractivity contribution in [3.05, 3.63) is 90.3 Å². The number of nitrogens with one attached hydrogen (secondary N) is 1. The van der Waals surface area contributed by atoms with Crippen molar-refractivity contribution in [2.45, 2.75) is 12.9 Å². The Morgan fingerprint density at radius 2 is 1.97 bits per heavy atom. The molecular formula is C26H23F3N6O. The number of hydrogen-bond donors (Lipinski definition) is 2. The number of fused-ring (bicyclic) bond motifs is 1. The number of hydrogen-bond acceptors (Lipinski definition) is 6. The molecule has 1 aromatic heterocycles. The average molecular weight is 493 g/mol. The second-order valence-electron chi connectivity index (χ2n) is 7.78. The predicted octanol–water partition coefficient (Wildman–Crippen LogP) is 6.02. The molecule has 1 heterocycles. The lowest BCUT2D eigenvalue weighted by Crippen LogP contribution is -2.18. The lowest BCUT2D eigenvalue weighted by molar-refractivity contribution is -0.274. The van der Waals surface area contributed by atoms with Crippen molar-refractivity contribution in [1.29, 1.82) is 0 Å². The zero-order chi connectivity index (χ0) is 25.7. The monoisotopic (exact) mass is 492 g/mol. The van der Waals surface area contributed by atoms with E-state index < -0.39 is 6.36 Å². The van der Waals surface area contributed by atoms with Gasteiger partial charge >= 0.3 is 6.36 Å². The van der Waals surface area contributed by atoms with Crippen molar-refractivity contribution in [3.8, 4) is 5.75 Å². The van der Waals surface area contributed by atoms with Crippen LogP contribution in [0.25, 0.3) is 10.9 Å². The van der Waals surface area contributed by atoms with Gasteiger partial charge in [-0.15, -0.1) is 13.2 Å². The number of allylic oxidation sites excluding steroid dienone is 1. The number of alkyl halides is 3. The Balaban J connectivity index is 1.69. The number of halogens is 3. The first-order valence-corrected chi connectivity index (χ1v) is 10.8. The van der Waals surface area contributed by atoms with E-state index >= 15 is 0 Å². The highest BCUT2D eigenvalue weighted by atomic mass is 19.4. The highest BCUT2D eigenvalue weighted by molar-refractivity contribution is 6.09. The fourth-order valence-corrected chi connectivity index (χ4v) is 3.72. The lowest BCUT2D eigenvalue weighted by Gasteiger charge is -2.22. The van der Waals surface area contributed by atoms with E-state index in [1.807, 2.05) is 36.2 Å². The van der Waals surface area contributed by atoms with Gasteiger partial charge in [-0.1, -0.05) is 24.3 Å². The van der Waals surface area contributed by atoms with Crippen molar-refractivity contribution in [3.63, 3.8) is 0 Å². The number of nitrogens with zero attached hydrogens (tertiary/aromatic N) is 4. The molecule has 36 heavy (non-hydrogen) atoms. The first-order valence-electron chi connectivity index (χ1n) is 10.8. The van der Waals surface area contributed by atoms with Gasteiger partial charge in [-0.2, -0.15) is 5.10 Å². The molecule has 0 aliphatic carbocycles. The van der Waals surface area contributed by atoms with Crippen LogP contribution in [0.1, 0.15) is 11.1 Å². The van der Waals surface area contributed by atoms with E-state index in [0.29, 0.717) is 17.0 Å². The number of H-pyrrole nitrogens is 1. The minimum Gasteiger partial charge on any atom is -0.405 e. The third-order valence-corrected chi connectivity index (χ3v) is 5.49. The minimum absolute atomic E-state index is 0.0466. The number of para-hydroxylation sites is 1. The Bertz CT molecular complexity index is 1440. The summed E-state index contributed by atoms with van der Waals surface area (Å²) in [6, 6.07) is 17.2. The van der Waals surface area contributed by atoms with Crippen LogP contribution in [-0.2, 0) is 6.54 Å². The summed E-state index contributed by atoms with van der Waals surface area (Å²) in [6.07, 6.45) is -0.140. The summed E-state index contributed by atoms with van der Waals surface area (Å²) in [6.45, 7) is 3.63. The summed E-state index contributed by atoms with van der Waals surface area (Å²) in [5.41, 5.74) is 10.3. The smallest absolute Gasteiger partial charge is 0.405 e. The predicted molar refractivity (Wildman–Crippen MR) is 137 cm³/mol. The van der Waals surface area contributed by atoms with Gasteiger partial charge in [0.15, 0.2) is 0 Å². The maximum absolute atomic E-state index is 12.8. The second-order valence-corrected chi connectivity index (χ2v) is 7.78. The van der Waals surface area contributed by atoms with Crippen LogP contribution < -0.4 is 15.4 Å². The van der Waals surface area contributed by atoms with E-state index in [-0.39, 0.29) is 17.9 Å². The topological polar surface area (TPSA) is 91.9 Å². The van der Waals surface area contributed by atoms with E-state index in [4.69, 9.17) is 5.73 Å². The van der Waals surface area contributed by atoms with Gasteiger partial charge in [0.1, 0.15) is 5.75 Å². The molecule has 0 unspecified atom stereocenters. The molecule has 184 valence electrons. The van der Waals surface area contributed by atoms with Crippen LogP contribution in [0, 0.1) is 0 Å². The number of nitrogens with two attached hydrogens (primary N) is 1. The molecule has 0 bridgehead atoms. The fraction of sp³-hybridized carbons (Fsp3) is 0.115. The van der Waals surface area contributed by atoms with Gasteiger partial charge in [-0.05, 0) is 55.4 Å². The second kappa shape index (κ2) is 10.3. The van der Waals surface area contributed by atoms with E-state index in [1.165, 1.54) is 24.4 Å². The Hall–Kier alpha value is -4.60. The van der Waals surface area contributed by atoms with Crippen molar-refractivity contribution in [2.75, 3.05) is 11.9 Å². The summed E-state index contributed by atoms with van der Waals surface area (Å²) in [7, 11) is 1.89. The number of anilines is 2. The zero-order valence-corrected chi connectivity index (χ0v) is 19.3. The van der Waals surface area contributed by atoms with Crippen LogP contribution in [0.15, 0.2) is 89.1 Å². The van der Waals surface area contributed by atoms with Crippen molar-refractivity contribution < 1.29 is 17.9 Å². The third kappa shape index (κ3) is 5.54. The van der Waals surface area contributed by atoms with E-state index in [9.17, 15) is 13.2 Å². The molecule has 0 fully saturated rings. The quantitative estimate of drug-likeness (QED) is 0.294. The molecule has 0 amide bonds. The summed E-state index contributed by atoms with van der Waals surface area (Å²) in [5, 5.41) is 8.00. The molecule has 4 aromatic rings. The van der Waals surface area contributed by atoms with Gasteiger partial charge in [0.2, 0.25) is 0 Å². The fourth-order valence-electron chi connectivity index (χ4n) is 3.72. The van der Waals surface area contributed by atoms with Gasteiger partial charge in [-0.25, -0.2) is 0 Å². The summed E-state index contributed by atoms with van der Waals surface area (Å²) < 4.78 is 42.5. The van der Waals surface area contributed by atoms with Crippen molar-refractivity contribution in [2.24, 2.45) is 15.7 Å². The summed E-state index contributed by atoms with van der Waals surface area (Å²) in [4.78, 5) is 10.6. The molecule has 0 saturated carbocycles. The van der Waals surface area contributed by atoms with Gasteiger partial charge in [0, 0.05) is 29.2 Å². The molecule has 0 aliphatic rings. The van der Waals surface area contributed by atoms with Gasteiger partial charge in [0.25, 0.3) is 0 Å². The van der Waals surface area contributed by atoms with Crippen LogP contribution in [-0.4, -0.2) is 36.0 Å². The Morgan fingerprint density at radius 1 is 1.17 bits per heavy atom. The first-order chi connectivity index (χ1) is 17.3. The first kappa shape index (κ1) is 24.5. The highest BCUT2D eigenvalue weighted by Gasteiger charge is 2.31. The Kier molecular flexibility index (Phi) is 7.05. The van der Waals surface area contributed by atoms with E-state index in [0.717, 1.165) is 22.3 Å². The zero-order valence-electron chi connectivity index (χ0n) is 19.3.